The second-order valence-electron chi connectivity index (χ2n) is 8.71. The molecule has 38 heavy (non-hydrogen) atoms. The molecule has 192 valence electrons. The van der Waals surface area contributed by atoms with Gasteiger partial charge in [-0.15, -0.1) is 6.58 Å². The van der Waals surface area contributed by atoms with Crippen LogP contribution in [0.15, 0.2) is 113 Å². The van der Waals surface area contributed by atoms with Crippen molar-refractivity contribution in [1.29, 1.82) is 0 Å². The standard InChI is InChI=1S/C31H27FN2O4/c1-2-18-33(29(35)17-14-23-8-4-3-5-9-23)21-30(36)34(19-24-12-15-26(32)16-13-24)20-25-22-38-28-11-7-6-10-27(28)31(25)37/h2-17,22H,1,18-21H2. The Kier molecular flexibility index (Phi) is 8.61. The number of carbonyl (C=O) groups excluding carboxylic acids is 2. The van der Waals surface area contributed by atoms with Gasteiger partial charge in [-0.2, -0.15) is 0 Å². The first kappa shape index (κ1) is 26.3. The second-order valence-corrected chi connectivity index (χ2v) is 8.71. The van der Waals surface area contributed by atoms with Gasteiger partial charge in [0.25, 0.3) is 0 Å². The third kappa shape index (κ3) is 6.70. The fourth-order valence-electron chi connectivity index (χ4n) is 3.96. The van der Waals surface area contributed by atoms with E-state index in [0.717, 1.165) is 5.56 Å². The predicted molar refractivity (Wildman–Crippen MR) is 145 cm³/mol. The summed E-state index contributed by atoms with van der Waals surface area (Å²) in [5.41, 5.74) is 2.03. The summed E-state index contributed by atoms with van der Waals surface area (Å²) in [7, 11) is 0. The summed E-state index contributed by atoms with van der Waals surface area (Å²) in [6, 6.07) is 22.0. The lowest BCUT2D eigenvalue weighted by Gasteiger charge is -2.26. The smallest absolute Gasteiger partial charge is 0.247 e. The number of hydrogen-bond acceptors (Lipinski definition) is 4. The molecule has 1 aromatic heterocycles. The van der Waals surface area contributed by atoms with Gasteiger partial charge in [0.2, 0.25) is 11.8 Å². The summed E-state index contributed by atoms with van der Waals surface area (Å²) in [4.78, 5) is 42.4. The van der Waals surface area contributed by atoms with Gasteiger partial charge in [0.05, 0.1) is 23.8 Å². The van der Waals surface area contributed by atoms with Crippen LogP contribution in [0.1, 0.15) is 16.7 Å². The zero-order valence-electron chi connectivity index (χ0n) is 20.8. The molecular formula is C31H27FN2O4. The summed E-state index contributed by atoms with van der Waals surface area (Å²) in [6.07, 6.45) is 5.99. The highest BCUT2D eigenvalue weighted by Crippen LogP contribution is 2.15. The van der Waals surface area contributed by atoms with E-state index < -0.39 is 5.82 Å². The molecule has 0 aliphatic rings. The van der Waals surface area contributed by atoms with E-state index >= 15 is 0 Å². The van der Waals surface area contributed by atoms with Crippen LogP contribution in [0.25, 0.3) is 17.0 Å². The fraction of sp³-hybridized carbons (Fsp3) is 0.129. The SMILES string of the molecule is C=CCN(CC(=O)N(Cc1ccc(F)cc1)Cc1coc2ccccc2c1=O)C(=O)C=Cc1ccccc1. The third-order valence-corrected chi connectivity index (χ3v) is 5.96. The van der Waals surface area contributed by atoms with Gasteiger partial charge in [-0.3, -0.25) is 14.4 Å². The molecule has 2 amide bonds. The summed E-state index contributed by atoms with van der Waals surface area (Å²) < 4.78 is 19.1. The molecule has 7 heteroatoms. The normalized spacial score (nSPS) is 11.0. The van der Waals surface area contributed by atoms with Crippen molar-refractivity contribution in [3.8, 4) is 0 Å². The Hall–Kier alpha value is -4.78. The molecule has 0 saturated heterocycles. The topological polar surface area (TPSA) is 70.8 Å². The third-order valence-electron chi connectivity index (χ3n) is 5.96. The van der Waals surface area contributed by atoms with Crippen LogP contribution in [0.2, 0.25) is 0 Å². The maximum absolute atomic E-state index is 13.5. The highest BCUT2D eigenvalue weighted by atomic mass is 19.1. The van der Waals surface area contributed by atoms with Crippen molar-refractivity contribution in [2.45, 2.75) is 13.1 Å². The molecule has 0 spiro atoms. The quantitative estimate of drug-likeness (QED) is 0.218. The lowest BCUT2D eigenvalue weighted by atomic mass is 10.1. The Balaban J connectivity index is 1.58. The maximum atomic E-state index is 13.5. The number of fused-ring (bicyclic) bond motifs is 1. The zero-order chi connectivity index (χ0) is 26.9. The average molecular weight is 511 g/mol. The number of hydrogen-bond donors (Lipinski definition) is 0. The van der Waals surface area contributed by atoms with Crippen LogP contribution in [-0.4, -0.2) is 34.7 Å². The predicted octanol–water partition coefficient (Wildman–Crippen LogP) is 5.19. The molecular weight excluding hydrogens is 483 g/mol. The van der Waals surface area contributed by atoms with E-state index in [-0.39, 0.29) is 43.4 Å². The molecule has 0 aliphatic heterocycles. The molecule has 4 rings (SSSR count). The van der Waals surface area contributed by atoms with E-state index in [1.807, 2.05) is 30.3 Å². The minimum atomic E-state index is -0.394. The van der Waals surface area contributed by atoms with Gasteiger partial charge < -0.3 is 14.2 Å². The minimum absolute atomic E-state index is 0.0423. The minimum Gasteiger partial charge on any atom is -0.464 e. The number of para-hydroxylation sites is 1. The van der Waals surface area contributed by atoms with E-state index in [0.29, 0.717) is 22.1 Å². The van der Waals surface area contributed by atoms with Gasteiger partial charge in [0, 0.05) is 19.2 Å². The molecule has 0 unspecified atom stereocenters. The van der Waals surface area contributed by atoms with Crippen molar-refractivity contribution in [3.05, 3.63) is 137 Å². The molecule has 0 fully saturated rings. The average Bonchev–Trinajstić information content (AvgIpc) is 2.94. The number of rotatable bonds is 10. The lowest BCUT2D eigenvalue weighted by Crippen LogP contribution is -2.42. The summed E-state index contributed by atoms with van der Waals surface area (Å²) in [5.74, 6) is -1.13. The maximum Gasteiger partial charge on any atom is 0.247 e. The van der Waals surface area contributed by atoms with Crippen molar-refractivity contribution >= 4 is 28.9 Å². The Morgan fingerprint density at radius 2 is 1.61 bits per heavy atom. The molecule has 0 N–H and O–H groups in total. The van der Waals surface area contributed by atoms with E-state index in [1.54, 1.807) is 48.6 Å². The van der Waals surface area contributed by atoms with E-state index in [2.05, 4.69) is 6.58 Å². The highest BCUT2D eigenvalue weighted by molar-refractivity contribution is 5.94. The van der Waals surface area contributed by atoms with Crippen LogP contribution in [0.4, 0.5) is 4.39 Å². The van der Waals surface area contributed by atoms with Gasteiger partial charge in [0.15, 0.2) is 5.43 Å². The molecule has 0 radical (unpaired) electrons. The summed E-state index contributed by atoms with van der Waals surface area (Å²) >= 11 is 0. The van der Waals surface area contributed by atoms with Crippen LogP contribution in [0.3, 0.4) is 0 Å². The van der Waals surface area contributed by atoms with E-state index in [9.17, 15) is 18.8 Å². The molecule has 0 bridgehead atoms. The molecule has 3 aromatic carbocycles. The molecule has 4 aromatic rings. The van der Waals surface area contributed by atoms with Gasteiger partial charge in [0.1, 0.15) is 17.9 Å². The molecule has 0 saturated carbocycles. The highest BCUT2D eigenvalue weighted by Gasteiger charge is 2.22. The first-order valence-corrected chi connectivity index (χ1v) is 12.1. The molecule has 0 aliphatic carbocycles. The van der Waals surface area contributed by atoms with Gasteiger partial charge in [-0.1, -0.05) is 60.7 Å². The number of amides is 2. The van der Waals surface area contributed by atoms with E-state index in [1.165, 1.54) is 34.3 Å². The molecule has 6 nitrogen and oxygen atoms in total. The largest absolute Gasteiger partial charge is 0.464 e. The molecule has 1 heterocycles. The van der Waals surface area contributed by atoms with Crippen molar-refractivity contribution in [2.24, 2.45) is 0 Å². The Morgan fingerprint density at radius 3 is 2.34 bits per heavy atom. The van der Waals surface area contributed by atoms with Crippen molar-refractivity contribution in [1.82, 2.24) is 9.80 Å². The van der Waals surface area contributed by atoms with Crippen LogP contribution in [0.5, 0.6) is 0 Å². The van der Waals surface area contributed by atoms with Gasteiger partial charge in [-0.05, 0) is 41.5 Å². The van der Waals surface area contributed by atoms with Crippen molar-refractivity contribution < 1.29 is 18.4 Å². The van der Waals surface area contributed by atoms with Crippen LogP contribution >= 0.6 is 0 Å². The Bertz CT molecular complexity index is 1510. The Labute approximate surface area is 219 Å². The van der Waals surface area contributed by atoms with Crippen LogP contribution < -0.4 is 5.43 Å². The lowest BCUT2D eigenvalue weighted by molar-refractivity contribution is -0.138. The monoisotopic (exact) mass is 510 g/mol. The number of benzene rings is 3. The van der Waals surface area contributed by atoms with Crippen LogP contribution in [0, 0.1) is 5.82 Å². The summed E-state index contributed by atoms with van der Waals surface area (Å²) in [6.45, 7) is 3.70. The van der Waals surface area contributed by atoms with Crippen LogP contribution in [-0.2, 0) is 22.7 Å². The summed E-state index contributed by atoms with van der Waals surface area (Å²) in [5, 5.41) is 0.411. The first-order chi connectivity index (χ1) is 18.4. The van der Waals surface area contributed by atoms with Crippen molar-refractivity contribution in [3.63, 3.8) is 0 Å². The van der Waals surface area contributed by atoms with Crippen molar-refractivity contribution in [2.75, 3.05) is 13.1 Å². The number of carbonyl (C=O) groups is 2. The van der Waals surface area contributed by atoms with Gasteiger partial charge >= 0.3 is 0 Å². The number of halogens is 1. The van der Waals surface area contributed by atoms with E-state index in [4.69, 9.17) is 4.42 Å². The van der Waals surface area contributed by atoms with Gasteiger partial charge in [-0.25, -0.2) is 4.39 Å². The molecule has 0 atom stereocenters. The number of nitrogens with zero attached hydrogens (tertiary/aromatic N) is 2. The zero-order valence-corrected chi connectivity index (χ0v) is 20.8. The first-order valence-electron chi connectivity index (χ1n) is 12.1. The second kappa shape index (κ2) is 12.5. The fourth-order valence-corrected chi connectivity index (χ4v) is 3.96. The Morgan fingerprint density at radius 1 is 0.895 bits per heavy atom.